The lowest BCUT2D eigenvalue weighted by Gasteiger charge is -2.24. The van der Waals surface area contributed by atoms with E-state index in [4.69, 9.17) is 4.52 Å². The van der Waals surface area contributed by atoms with Gasteiger partial charge in [-0.3, -0.25) is 4.52 Å². The molecule has 0 aromatic heterocycles. The van der Waals surface area contributed by atoms with Gasteiger partial charge in [-0.2, -0.15) is 0 Å². The maximum Gasteiger partial charge on any atom is 0.403 e. The molecule has 0 aromatic rings. The molecule has 1 atom stereocenters. The summed E-state index contributed by atoms with van der Waals surface area (Å²) < 4.78 is 17.8. The van der Waals surface area contributed by atoms with Crippen LogP contribution in [0.15, 0.2) is 0 Å². The predicted molar refractivity (Wildman–Crippen MR) is 126 cm³/mol. The largest absolute Gasteiger partial charge is 0.403 e. The summed E-state index contributed by atoms with van der Waals surface area (Å²) in [6.07, 6.45) is 21.2. The van der Waals surface area contributed by atoms with Crippen LogP contribution in [0, 0.1) is 0 Å². The Balaban J connectivity index is 3.28. The van der Waals surface area contributed by atoms with Gasteiger partial charge in [-0.1, -0.05) is 103 Å². The highest BCUT2D eigenvalue weighted by Gasteiger charge is 2.19. The van der Waals surface area contributed by atoms with E-state index in [1.165, 1.54) is 89.9 Å². The summed E-state index contributed by atoms with van der Waals surface area (Å²) in [6.45, 7) is 3.91. The van der Waals surface area contributed by atoms with Crippen molar-refractivity contribution in [1.29, 1.82) is 0 Å². The van der Waals surface area contributed by atoms with Crippen molar-refractivity contribution in [3.8, 4) is 0 Å². The molecule has 6 heteroatoms. The first-order valence-electron chi connectivity index (χ1n) is 12.3. The van der Waals surface area contributed by atoms with Crippen molar-refractivity contribution >= 4 is 7.75 Å². The SMILES string of the molecule is CCCCCCCCCCCCCCCCCCOP(=O)(O)NCC[N+](C)(C)C. The van der Waals surface area contributed by atoms with Crippen molar-refractivity contribution in [2.75, 3.05) is 40.8 Å². The fraction of sp³-hybridized carbons (Fsp3) is 1.00. The molecule has 1 unspecified atom stereocenters. The Bertz CT molecular complexity index is 400. The molecule has 2 N–H and O–H groups in total. The van der Waals surface area contributed by atoms with Crippen LogP contribution in [-0.2, 0) is 9.09 Å². The minimum Gasteiger partial charge on any atom is -0.330 e. The highest BCUT2D eigenvalue weighted by atomic mass is 31.2. The van der Waals surface area contributed by atoms with Crippen LogP contribution in [0.5, 0.6) is 0 Å². The molecule has 0 heterocycles. The van der Waals surface area contributed by atoms with Gasteiger partial charge in [-0.25, -0.2) is 9.65 Å². The molecule has 0 amide bonds. The number of nitrogens with zero attached hydrogens (tertiary/aromatic N) is 1. The Labute approximate surface area is 182 Å². The first kappa shape index (κ1) is 29.1. The minimum atomic E-state index is -3.63. The Hall–Kier alpha value is 0.0700. The van der Waals surface area contributed by atoms with Crippen LogP contribution in [0.2, 0.25) is 0 Å². The van der Waals surface area contributed by atoms with Gasteiger partial charge >= 0.3 is 7.75 Å². The highest BCUT2D eigenvalue weighted by molar-refractivity contribution is 7.50. The third-order valence-electron chi connectivity index (χ3n) is 5.36. The van der Waals surface area contributed by atoms with Crippen LogP contribution < -0.4 is 5.09 Å². The normalized spacial score (nSPS) is 14.2. The average molecular weight is 436 g/mol. The molecule has 0 saturated carbocycles. The summed E-state index contributed by atoms with van der Waals surface area (Å²) in [7, 11) is 2.54. The number of nitrogens with one attached hydrogen (secondary N) is 1. The maximum absolute atomic E-state index is 11.9. The first-order valence-corrected chi connectivity index (χ1v) is 13.9. The second-order valence-electron chi connectivity index (χ2n) is 9.58. The van der Waals surface area contributed by atoms with Crippen LogP contribution in [-0.4, -0.2) is 50.2 Å². The third kappa shape index (κ3) is 24.2. The van der Waals surface area contributed by atoms with Gasteiger partial charge in [0.05, 0.1) is 40.8 Å². The predicted octanol–water partition coefficient (Wildman–Crippen LogP) is 6.66. The molecule has 0 spiro atoms. The van der Waals surface area contributed by atoms with Gasteiger partial charge in [0.25, 0.3) is 0 Å². The Morgan fingerprint density at radius 2 is 1.10 bits per heavy atom. The topological polar surface area (TPSA) is 58.6 Å². The van der Waals surface area contributed by atoms with Crippen molar-refractivity contribution in [2.24, 2.45) is 0 Å². The highest BCUT2D eigenvalue weighted by Crippen LogP contribution is 2.36. The van der Waals surface area contributed by atoms with E-state index >= 15 is 0 Å². The molecule has 29 heavy (non-hydrogen) atoms. The van der Waals surface area contributed by atoms with Gasteiger partial charge in [0.1, 0.15) is 0 Å². The van der Waals surface area contributed by atoms with E-state index in [1.807, 2.05) is 0 Å². The molecule has 0 aliphatic heterocycles. The second-order valence-corrected chi connectivity index (χ2v) is 11.2. The molecule has 5 nitrogen and oxygen atoms in total. The van der Waals surface area contributed by atoms with Gasteiger partial charge in [0.2, 0.25) is 0 Å². The lowest BCUT2D eigenvalue weighted by atomic mass is 10.0. The van der Waals surface area contributed by atoms with E-state index in [1.54, 1.807) is 0 Å². The Morgan fingerprint density at radius 1 is 0.724 bits per heavy atom. The zero-order chi connectivity index (χ0) is 21.8. The summed E-state index contributed by atoms with van der Waals surface area (Å²) in [5.74, 6) is 0. The van der Waals surface area contributed by atoms with Crippen LogP contribution in [0.4, 0.5) is 0 Å². The van der Waals surface area contributed by atoms with Crippen molar-refractivity contribution in [3.05, 3.63) is 0 Å². The molecular weight excluding hydrogens is 383 g/mol. The van der Waals surface area contributed by atoms with Gasteiger partial charge in [0.15, 0.2) is 0 Å². The summed E-state index contributed by atoms with van der Waals surface area (Å²) >= 11 is 0. The van der Waals surface area contributed by atoms with Gasteiger partial charge < -0.3 is 9.38 Å². The van der Waals surface area contributed by atoms with Crippen LogP contribution in [0.3, 0.4) is 0 Å². The van der Waals surface area contributed by atoms with E-state index in [-0.39, 0.29) is 0 Å². The summed E-state index contributed by atoms with van der Waals surface area (Å²) in [6, 6.07) is 0. The number of hydrogen-bond acceptors (Lipinski definition) is 2. The van der Waals surface area contributed by atoms with Crippen molar-refractivity contribution in [2.45, 2.75) is 110 Å². The number of quaternary nitrogens is 1. The Morgan fingerprint density at radius 3 is 1.48 bits per heavy atom. The molecule has 0 fully saturated rings. The quantitative estimate of drug-likeness (QED) is 0.113. The van der Waals surface area contributed by atoms with Crippen molar-refractivity contribution in [1.82, 2.24) is 5.09 Å². The fourth-order valence-electron chi connectivity index (χ4n) is 3.41. The molecule has 0 aromatic carbocycles. The zero-order valence-electron chi connectivity index (χ0n) is 20.1. The number of hydrogen-bond donors (Lipinski definition) is 2. The Kier molecular flexibility index (Phi) is 18.9. The van der Waals surface area contributed by atoms with Crippen molar-refractivity contribution in [3.63, 3.8) is 0 Å². The molecular formula is C23H52N2O3P+. The number of likely N-dealkylation sites (N-methyl/N-ethyl adjacent to an activating group) is 1. The molecule has 0 radical (unpaired) electrons. The molecule has 0 rings (SSSR count). The molecule has 176 valence electrons. The van der Waals surface area contributed by atoms with E-state index in [0.717, 1.165) is 23.9 Å². The van der Waals surface area contributed by atoms with E-state index < -0.39 is 7.75 Å². The minimum absolute atomic E-state index is 0.365. The van der Waals surface area contributed by atoms with E-state index in [0.29, 0.717) is 13.2 Å². The van der Waals surface area contributed by atoms with Crippen LogP contribution >= 0.6 is 7.75 Å². The first-order chi connectivity index (χ1) is 13.8. The molecule has 0 aliphatic rings. The van der Waals surface area contributed by atoms with Crippen LogP contribution in [0.25, 0.3) is 0 Å². The van der Waals surface area contributed by atoms with Gasteiger partial charge in [-0.15, -0.1) is 0 Å². The number of unbranched alkanes of at least 4 members (excludes halogenated alkanes) is 15. The smallest absolute Gasteiger partial charge is 0.330 e. The summed E-state index contributed by atoms with van der Waals surface area (Å²) in [5.41, 5.74) is 0. The van der Waals surface area contributed by atoms with Gasteiger partial charge in [0, 0.05) is 0 Å². The molecule has 0 saturated heterocycles. The number of rotatable bonds is 22. The standard InChI is InChI=1S/C23H51N2O3P/c1-5-6-7-8-9-10-11-12-13-14-15-16-17-18-19-20-23-28-29(26,27)24-21-22-25(2,3)4/h5-23H2,1-4H3,(H-,24,26,27)/p+1. The monoisotopic (exact) mass is 435 g/mol. The fourth-order valence-corrected chi connectivity index (χ4v) is 4.26. The lowest BCUT2D eigenvalue weighted by Crippen LogP contribution is -2.40. The maximum atomic E-state index is 11.9. The molecule has 0 bridgehead atoms. The average Bonchev–Trinajstić information content (AvgIpc) is 2.63. The summed E-state index contributed by atoms with van der Waals surface area (Å²) in [4.78, 5) is 9.75. The summed E-state index contributed by atoms with van der Waals surface area (Å²) in [5, 5.41) is 2.64. The zero-order valence-corrected chi connectivity index (χ0v) is 21.0. The lowest BCUT2D eigenvalue weighted by molar-refractivity contribution is -0.869. The third-order valence-corrected chi connectivity index (χ3v) is 6.51. The van der Waals surface area contributed by atoms with Gasteiger partial charge in [-0.05, 0) is 6.42 Å². The van der Waals surface area contributed by atoms with E-state index in [9.17, 15) is 9.46 Å². The van der Waals surface area contributed by atoms with Crippen molar-refractivity contribution < 1.29 is 18.5 Å². The van der Waals surface area contributed by atoms with E-state index in [2.05, 4.69) is 33.2 Å². The second kappa shape index (κ2) is 18.8. The molecule has 0 aliphatic carbocycles. The van der Waals surface area contributed by atoms with Crippen LogP contribution in [0.1, 0.15) is 110 Å².